The van der Waals surface area contributed by atoms with Crippen molar-refractivity contribution in [2.75, 3.05) is 26.7 Å². The first-order valence-corrected chi connectivity index (χ1v) is 6.84. The van der Waals surface area contributed by atoms with E-state index in [2.05, 4.69) is 15.0 Å². The van der Waals surface area contributed by atoms with Crippen LogP contribution in [-0.4, -0.2) is 60.6 Å². The average Bonchev–Trinajstić information content (AvgIpc) is 2.93. The fraction of sp³-hybridized carbons (Fsp3) is 0.769. The van der Waals surface area contributed by atoms with Crippen molar-refractivity contribution in [2.45, 2.75) is 38.1 Å². The quantitative estimate of drug-likeness (QED) is 0.610. The van der Waals surface area contributed by atoms with Gasteiger partial charge in [0, 0.05) is 19.4 Å². The molecule has 0 aliphatic carbocycles. The van der Waals surface area contributed by atoms with Gasteiger partial charge in [0.05, 0.1) is 7.11 Å². The van der Waals surface area contributed by atoms with Crippen LogP contribution in [0, 0.1) is 0 Å². The number of nitrogens with one attached hydrogen (secondary N) is 1. The van der Waals surface area contributed by atoms with Crippen LogP contribution in [0.25, 0.3) is 0 Å². The van der Waals surface area contributed by atoms with E-state index in [1.807, 2.05) is 0 Å². The summed E-state index contributed by atoms with van der Waals surface area (Å²) in [6, 6.07) is -1.04. The first kappa shape index (κ1) is 16.4. The Bertz CT molecular complexity index is 353. The molecule has 7 heteroatoms. The molecule has 114 valence electrons. The van der Waals surface area contributed by atoms with Gasteiger partial charge in [-0.1, -0.05) is 0 Å². The Balaban J connectivity index is 2.30. The first-order valence-electron chi connectivity index (χ1n) is 6.84. The van der Waals surface area contributed by atoms with Crippen molar-refractivity contribution < 1.29 is 24.2 Å². The zero-order chi connectivity index (χ0) is 15.0. The van der Waals surface area contributed by atoms with Crippen molar-refractivity contribution in [3.63, 3.8) is 0 Å². The number of aliphatic carboxylic acids is 1. The second kappa shape index (κ2) is 8.52. The number of hydrogen-bond acceptors (Lipinski definition) is 5. The summed E-state index contributed by atoms with van der Waals surface area (Å²) in [7, 11) is 1.24. The van der Waals surface area contributed by atoms with Gasteiger partial charge in [-0.3, -0.25) is 9.59 Å². The molecule has 0 saturated carbocycles. The predicted molar refractivity (Wildman–Crippen MR) is 71.1 cm³/mol. The van der Waals surface area contributed by atoms with Crippen molar-refractivity contribution in [1.29, 1.82) is 0 Å². The second-order valence-electron chi connectivity index (χ2n) is 4.87. The molecule has 1 aliphatic heterocycles. The number of hydrogen-bond donors (Lipinski definition) is 2. The molecule has 1 heterocycles. The van der Waals surface area contributed by atoms with E-state index in [-0.39, 0.29) is 25.2 Å². The number of nitrogens with zero attached hydrogens (tertiary/aromatic N) is 1. The lowest BCUT2D eigenvalue weighted by molar-refractivity contribution is -0.144. The third-order valence-corrected chi connectivity index (χ3v) is 3.35. The highest BCUT2D eigenvalue weighted by molar-refractivity contribution is 5.84. The van der Waals surface area contributed by atoms with E-state index in [1.54, 1.807) is 0 Å². The highest BCUT2D eigenvalue weighted by Gasteiger charge is 2.21. The van der Waals surface area contributed by atoms with Crippen molar-refractivity contribution in [3.8, 4) is 0 Å². The Kier molecular flexibility index (Phi) is 7.00. The fourth-order valence-electron chi connectivity index (χ4n) is 2.15. The van der Waals surface area contributed by atoms with E-state index in [9.17, 15) is 14.4 Å². The molecule has 7 nitrogen and oxygen atoms in total. The summed E-state index contributed by atoms with van der Waals surface area (Å²) < 4.78 is 4.45. The number of carboxylic acid groups (broad SMARTS) is 1. The maximum Gasteiger partial charge on any atom is 0.326 e. The van der Waals surface area contributed by atoms with Crippen molar-refractivity contribution in [2.24, 2.45) is 0 Å². The standard InChI is InChI=1S/C13H22N2O5/c1-20-12(17)5-4-10(13(18)19)14-11(16)6-9-15-7-2-3-8-15/h10H,2-9H2,1H3,(H,14,16)(H,18,19)/t10-/m1/s1. The van der Waals surface area contributed by atoms with E-state index < -0.39 is 18.0 Å². The number of ether oxygens (including phenoxy) is 1. The minimum atomic E-state index is -1.14. The molecule has 0 aromatic carbocycles. The summed E-state index contributed by atoms with van der Waals surface area (Å²) >= 11 is 0. The van der Waals surface area contributed by atoms with Crippen LogP contribution in [-0.2, 0) is 19.1 Å². The molecule has 1 saturated heterocycles. The van der Waals surface area contributed by atoms with Crippen LogP contribution >= 0.6 is 0 Å². The van der Waals surface area contributed by atoms with Crippen molar-refractivity contribution in [1.82, 2.24) is 10.2 Å². The number of carbonyl (C=O) groups is 3. The third-order valence-electron chi connectivity index (χ3n) is 3.35. The van der Waals surface area contributed by atoms with Gasteiger partial charge in [-0.2, -0.15) is 0 Å². The van der Waals surface area contributed by atoms with E-state index in [1.165, 1.54) is 7.11 Å². The number of esters is 1. The Morgan fingerprint density at radius 3 is 2.45 bits per heavy atom. The Morgan fingerprint density at radius 2 is 1.90 bits per heavy atom. The molecule has 1 atom stereocenters. The summed E-state index contributed by atoms with van der Waals surface area (Å²) in [6.07, 6.45) is 2.59. The monoisotopic (exact) mass is 286 g/mol. The summed E-state index contributed by atoms with van der Waals surface area (Å²) in [4.78, 5) is 35.9. The van der Waals surface area contributed by atoms with Gasteiger partial charge in [0.1, 0.15) is 6.04 Å². The number of carboxylic acids is 1. The van der Waals surface area contributed by atoms with E-state index in [4.69, 9.17) is 5.11 Å². The van der Waals surface area contributed by atoms with Crippen molar-refractivity contribution >= 4 is 17.8 Å². The third kappa shape index (κ3) is 6.01. The zero-order valence-corrected chi connectivity index (χ0v) is 11.8. The van der Waals surface area contributed by atoms with Gasteiger partial charge >= 0.3 is 11.9 Å². The van der Waals surface area contributed by atoms with E-state index >= 15 is 0 Å². The lowest BCUT2D eigenvalue weighted by atomic mass is 10.1. The Hall–Kier alpha value is -1.63. The number of likely N-dealkylation sites (tertiary alicyclic amines) is 1. The van der Waals surface area contributed by atoms with E-state index in [0.29, 0.717) is 6.54 Å². The highest BCUT2D eigenvalue weighted by atomic mass is 16.5. The normalized spacial score (nSPS) is 16.6. The van der Waals surface area contributed by atoms with Crippen molar-refractivity contribution in [3.05, 3.63) is 0 Å². The summed E-state index contributed by atoms with van der Waals surface area (Å²) in [6.45, 7) is 2.64. The highest BCUT2D eigenvalue weighted by Crippen LogP contribution is 2.07. The Labute approximate surface area is 118 Å². The molecule has 20 heavy (non-hydrogen) atoms. The first-order chi connectivity index (χ1) is 9.52. The van der Waals surface area contributed by atoms with Gasteiger partial charge < -0.3 is 20.1 Å². The largest absolute Gasteiger partial charge is 0.480 e. The molecule has 1 rings (SSSR count). The van der Waals surface area contributed by atoms with Crippen LogP contribution in [0.1, 0.15) is 32.1 Å². The van der Waals surface area contributed by atoms with Crippen LogP contribution in [0.4, 0.5) is 0 Å². The molecule has 2 N–H and O–H groups in total. The summed E-state index contributed by atoms with van der Waals surface area (Å²) in [5, 5.41) is 11.5. The van der Waals surface area contributed by atoms with Gasteiger partial charge in [0.15, 0.2) is 0 Å². The summed E-state index contributed by atoms with van der Waals surface area (Å²) in [5.74, 6) is -1.92. The fourth-order valence-corrected chi connectivity index (χ4v) is 2.15. The smallest absolute Gasteiger partial charge is 0.326 e. The number of amides is 1. The lowest BCUT2D eigenvalue weighted by Gasteiger charge is -2.16. The molecule has 0 aromatic rings. The minimum absolute atomic E-state index is 0.0279. The van der Waals surface area contributed by atoms with Crippen LogP contribution in [0.15, 0.2) is 0 Å². The van der Waals surface area contributed by atoms with Crippen LogP contribution in [0.2, 0.25) is 0 Å². The van der Waals surface area contributed by atoms with E-state index in [0.717, 1.165) is 25.9 Å². The Morgan fingerprint density at radius 1 is 1.25 bits per heavy atom. The molecular weight excluding hydrogens is 264 g/mol. The SMILES string of the molecule is COC(=O)CC[C@@H](NC(=O)CCN1CCCC1)C(=O)O. The van der Waals surface area contributed by atoms with Crippen LogP contribution in [0.5, 0.6) is 0 Å². The molecule has 0 bridgehead atoms. The molecule has 1 amide bonds. The van der Waals surface area contributed by atoms with Gasteiger partial charge in [-0.05, 0) is 32.4 Å². The predicted octanol–water partition coefficient (Wildman–Crippen LogP) is -0.00510. The molecular formula is C13H22N2O5. The summed E-state index contributed by atoms with van der Waals surface area (Å²) in [5.41, 5.74) is 0. The van der Waals surface area contributed by atoms with Gasteiger partial charge in [0.2, 0.25) is 5.91 Å². The topological polar surface area (TPSA) is 95.9 Å². The van der Waals surface area contributed by atoms with Crippen LogP contribution in [0.3, 0.4) is 0 Å². The molecule has 0 aromatic heterocycles. The molecule has 1 fully saturated rings. The lowest BCUT2D eigenvalue weighted by Crippen LogP contribution is -2.42. The number of rotatable bonds is 8. The molecule has 0 radical (unpaired) electrons. The van der Waals surface area contributed by atoms with Crippen LogP contribution < -0.4 is 5.32 Å². The molecule has 1 aliphatic rings. The number of methoxy groups -OCH3 is 1. The van der Waals surface area contributed by atoms with Gasteiger partial charge in [-0.15, -0.1) is 0 Å². The average molecular weight is 286 g/mol. The van der Waals surface area contributed by atoms with Gasteiger partial charge in [-0.25, -0.2) is 4.79 Å². The second-order valence-corrected chi connectivity index (χ2v) is 4.87. The molecule has 0 unspecified atom stereocenters. The maximum absolute atomic E-state index is 11.7. The molecule has 0 spiro atoms. The number of carbonyl (C=O) groups excluding carboxylic acids is 2. The minimum Gasteiger partial charge on any atom is -0.480 e. The zero-order valence-electron chi connectivity index (χ0n) is 11.8. The van der Waals surface area contributed by atoms with Gasteiger partial charge in [0.25, 0.3) is 0 Å². The maximum atomic E-state index is 11.7.